The Balaban J connectivity index is 1.53. The summed E-state index contributed by atoms with van der Waals surface area (Å²) in [5, 5.41) is 14.0. The van der Waals surface area contributed by atoms with Gasteiger partial charge in [-0.1, -0.05) is 0 Å². The van der Waals surface area contributed by atoms with Crippen LogP contribution in [0.4, 0.5) is 0 Å². The molecule has 6 rings (SSSR count). The van der Waals surface area contributed by atoms with Crippen LogP contribution in [0.3, 0.4) is 0 Å². The first-order chi connectivity index (χ1) is 14.7. The Hall–Kier alpha value is -3.78. The molecule has 0 fully saturated rings. The van der Waals surface area contributed by atoms with Crippen LogP contribution >= 0.6 is 11.3 Å². The van der Waals surface area contributed by atoms with Gasteiger partial charge in [0.1, 0.15) is 11.5 Å². The molecule has 0 aliphatic carbocycles. The maximum absolute atomic E-state index is 4.61. The van der Waals surface area contributed by atoms with Gasteiger partial charge >= 0.3 is 0 Å². The molecule has 0 saturated carbocycles. The summed E-state index contributed by atoms with van der Waals surface area (Å²) in [4.78, 5) is 17.1. The molecule has 0 aliphatic rings. The third-order valence-electron chi connectivity index (χ3n) is 5.53. The Kier molecular flexibility index (Phi) is 3.63. The van der Waals surface area contributed by atoms with Crippen molar-refractivity contribution in [2.45, 2.75) is 6.92 Å². The molecular formula is C22H17N7S. The minimum absolute atomic E-state index is 0.861. The predicted molar refractivity (Wildman–Crippen MR) is 119 cm³/mol. The fourth-order valence-electron chi connectivity index (χ4n) is 3.81. The number of thiophene rings is 1. The van der Waals surface area contributed by atoms with E-state index in [1.165, 1.54) is 0 Å². The second kappa shape index (κ2) is 6.36. The molecule has 0 aromatic carbocycles. The van der Waals surface area contributed by atoms with E-state index in [9.17, 15) is 0 Å². The summed E-state index contributed by atoms with van der Waals surface area (Å²) in [5.41, 5.74) is 7.67. The predicted octanol–water partition coefficient (Wildman–Crippen LogP) is 4.94. The number of H-pyrrole nitrogens is 2. The van der Waals surface area contributed by atoms with E-state index in [0.717, 1.165) is 61.7 Å². The Morgan fingerprint density at radius 3 is 2.67 bits per heavy atom. The van der Waals surface area contributed by atoms with Crippen LogP contribution in [0.25, 0.3) is 55.8 Å². The van der Waals surface area contributed by atoms with Crippen molar-refractivity contribution in [1.82, 2.24) is 34.7 Å². The standard InChI is InChI=1S/C22H17N7S/c1-12-24-10-20(29(12)2)17-7-15-19(9-25-17)27-28-22(15)18-8-14-16(26-18)3-5-23-21(14)13-4-6-30-11-13/h3-11,26H,1-2H3,(H,27,28). The Morgan fingerprint density at radius 2 is 1.87 bits per heavy atom. The third kappa shape index (κ3) is 2.50. The number of fused-ring (bicyclic) bond motifs is 2. The lowest BCUT2D eigenvalue weighted by atomic mass is 10.1. The largest absolute Gasteiger partial charge is 0.353 e. The summed E-state index contributed by atoms with van der Waals surface area (Å²) in [7, 11) is 2.00. The van der Waals surface area contributed by atoms with Crippen molar-refractivity contribution < 1.29 is 0 Å². The number of nitrogens with zero attached hydrogens (tertiary/aromatic N) is 5. The average molecular weight is 411 g/mol. The van der Waals surface area contributed by atoms with E-state index in [1.807, 2.05) is 43.2 Å². The van der Waals surface area contributed by atoms with E-state index < -0.39 is 0 Å². The molecule has 2 N–H and O–H groups in total. The maximum atomic E-state index is 4.61. The van der Waals surface area contributed by atoms with Gasteiger partial charge in [0, 0.05) is 40.5 Å². The zero-order valence-corrected chi connectivity index (χ0v) is 17.2. The number of hydrogen-bond donors (Lipinski definition) is 2. The number of imidazole rings is 1. The highest BCUT2D eigenvalue weighted by atomic mass is 32.1. The fourth-order valence-corrected chi connectivity index (χ4v) is 4.45. The van der Waals surface area contributed by atoms with Crippen LogP contribution in [-0.2, 0) is 7.05 Å². The number of aromatic nitrogens is 7. The first-order valence-electron chi connectivity index (χ1n) is 9.52. The summed E-state index contributed by atoms with van der Waals surface area (Å²) < 4.78 is 2.04. The van der Waals surface area contributed by atoms with Gasteiger partial charge in [0.15, 0.2) is 0 Å². The van der Waals surface area contributed by atoms with Gasteiger partial charge < -0.3 is 9.55 Å². The highest BCUT2D eigenvalue weighted by molar-refractivity contribution is 7.08. The Morgan fingerprint density at radius 1 is 0.967 bits per heavy atom. The third-order valence-corrected chi connectivity index (χ3v) is 6.21. The number of aryl methyl sites for hydroxylation is 1. The summed E-state index contributed by atoms with van der Waals surface area (Å²) in [6, 6.07) is 8.28. The number of pyridine rings is 2. The van der Waals surface area contributed by atoms with Gasteiger partial charge in [0.2, 0.25) is 0 Å². The highest BCUT2D eigenvalue weighted by Gasteiger charge is 2.16. The number of nitrogens with one attached hydrogen (secondary N) is 2. The van der Waals surface area contributed by atoms with Crippen molar-refractivity contribution in [3.8, 4) is 34.0 Å². The first kappa shape index (κ1) is 17.1. The minimum Gasteiger partial charge on any atom is -0.353 e. The van der Waals surface area contributed by atoms with Crippen LogP contribution in [0.15, 0.2) is 53.6 Å². The minimum atomic E-state index is 0.861. The molecule has 0 spiro atoms. The molecule has 6 aromatic rings. The molecule has 0 amide bonds. The molecule has 0 bridgehead atoms. The van der Waals surface area contributed by atoms with Gasteiger partial charge in [0.05, 0.1) is 40.7 Å². The number of hydrogen-bond acceptors (Lipinski definition) is 5. The SMILES string of the molecule is Cc1ncc(-c2cc3c(-c4cc5c(-c6ccsc6)nccc5[nH]4)n[nH]c3cn2)n1C. The average Bonchev–Trinajstić information content (AvgIpc) is 3.54. The maximum Gasteiger partial charge on any atom is 0.116 e. The quantitative estimate of drug-likeness (QED) is 0.432. The van der Waals surface area contributed by atoms with Gasteiger partial charge in [-0.05, 0) is 36.6 Å². The second-order valence-corrected chi connectivity index (χ2v) is 8.03. The van der Waals surface area contributed by atoms with Gasteiger partial charge in [-0.25, -0.2) is 4.98 Å². The van der Waals surface area contributed by atoms with E-state index in [0.29, 0.717) is 0 Å². The molecule has 0 radical (unpaired) electrons. The first-order valence-corrected chi connectivity index (χ1v) is 10.5. The zero-order valence-electron chi connectivity index (χ0n) is 16.3. The van der Waals surface area contributed by atoms with Crippen molar-refractivity contribution in [3.05, 3.63) is 59.4 Å². The van der Waals surface area contributed by atoms with Gasteiger partial charge in [-0.2, -0.15) is 16.4 Å². The lowest BCUT2D eigenvalue weighted by Gasteiger charge is -2.03. The molecular weight excluding hydrogens is 394 g/mol. The van der Waals surface area contributed by atoms with E-state index in [4.69, 9.17) is 0 Å². The second-order valence-electron chi connectivity index (χ2n) is 7.25. The van der Waals surface area contributed by atoms with Gasteiger partial charge in [-0.3, -0.25) is 15.1 Å². The summed E-state index contributed by atoms with van der Waals surface area (Å²) in [6.45, 7) is 1.98. The molecule has 0 saturated heterocycles. The van der Waals surface area contributed by atoms with Crippen LogP contribution < -0.4 is 0 Å². The highest BCUT2D eigenvalue weighted by Crippen LogP contribution is 2.34. The Labute approximate surface area is 175 Å². The monoisotopic (exact) mass is 411 g/mol. The lowest BCUT2D eigenvalue weighted by Crippen LogP contribution is -1.95. The zero-order chi connectivity index (χ0) is 20.2. The van der Waals surface area contributed by atoms with Crippen molar-refractivity contribution >= 4 is 33.1 Å². The Bertz CT molecular complexity index is 1520. The number of aromatic amines is 2. The molecule has 7 nitrogen and oxygen atoms in total. The topological polar surface area (TPSA) is 88.1 Å². The van der Waals surface area contributed by atoms with E-state index in [1.54, 1.807) is 11.3 Å². The van der Waals surface area contributed by atoms with Crippen molar-refractivity contribution in [2.24, 2.45) is 7.05 Å². The summed E-state index contributed by atoms with van der Waals surface area (Å²) in [5.74, 6) is 0.948. The molecule has 30 heavy (non-hydrogen) atoms. The summed E-state index contributed by atoms with van der Waals surface area (Å²) in [6.07, 6.45) is 5.51. The fraction of sp³-hybridized carbons (Fsp3) is 0.0909. The molecule has 0 aliphatic heterocycles. The molecule has 146 valence electrons. The normalized spacial score (nSPS) is 11.7. The van der Waals surface area contributed by atoms with Crippen LogP contribution in [0, 0.1) is 6.92 Å². The molecule has 0 atom stereocenters. The van der Waals surface area contributed by atoms with Gasteiger partial charge in [0.25, 0.3) is 0 Å². The van der Waals surface area contributed by atoms with Crippen molar-refractivity contribution in [1.29, 1.82) is 0 Å². The van der Waals surface area contributed by atoms with Crippen LogP contribution in [0.2, 0.25) is 0 Å². The van der Waals surface area contributed by atoms with Crippen molar-refractivity contribution in [2.75, 3.05) is 0 Å². The van der Waals surface area contributed by atoms with Crippen molar-refractivity contribution in [3.63, 3.8) is 0 Å². The van der Waals surface area contributed by atoms with E-state index in [-0.39, 0.29) is 0 Å². The van der Waals surface area contributed by atoms with Crippen LogP contribution in [0.5, 0.6) is 0 Å². The molecule has 8 heteroatoms. The number of rotatable bonds is 3. The lowest BCUT2D eigenvalue weighted by molar-refractivity contribution is 0.862. The van der Waals surface area contributed by atoms with Crippen LogP contribution in [-0.4, -0.2) is 34.7 Å². The molecule has 0 unspecified atom stereocenters. The molecule has 6 aromatic heterocycles. The smallest absolute Gasteiger partial charge is 0.116 e. The van der Waals surface area contributed by atoms with Gasteiger partial charge in [-0.15, -0.1) is 0 Å². The van der Waals surface area contributed by atoms with E-state index in [2.05, 4.69) is 59.1 Å². The molecule has 6 heterocycles. The van der Waals surface area contributed by atoms with Crippen LogP contribution in [0.1, 0.15) is 5.82 Å². The summed E-state index contributed by atoms with van der Waals surface area (Å²) >= 11 is 1.67. The van der Waals surface area contributed by atoms with E-state index >= 15 is 0 Å².